The van der Waals surface area contributed by atoms with E-state index in [1.54, 1.807) is 0 Å². The van der Waals surface area contributed by atoms with Crippen LogP contribution >= 0.6 is 0 Å². The molecule has 1 saturated heterocycles. The van der Waals surface area contributed by atoms with E-state index in [0.717, 1.165) is 0 Å². The maximum atomic E-state index is 12.6. The van der Waals surface area contributed by atoms with Crippen LogP contribution in [0.5, 0.6) is 0 Å². The van der Waals surface area contributed by atoms with Crippen molar-refractivity contribution in [2.75, 3.05) is 33.4 Å². The molecule has 0 atom stereocenters. The molecule has 0 radical (unpaired) electrons. The van der Waals surface area contributed by atoms with Gasteiger partial charge in [0.1, 0.15) is 12.4 Å². The summed E-state index contributed by atoms with van der Waals surface area (Å²) in [6.45, 7) is 1.12. The molecule has 0 amide bonds. The van der Waals surface area contributed by atoms with Crippen LogP contribution in [0.15, 0.2) is 45.7 Å². The Morgan fingerprint density at radius 3 is 2.36 bits per heavy atom. The molecule has 1 aromatic heterocycles. The van der Waals surface area contributed by atoms with Gasteiger partial charge in [0.05, 0.1) is 30.8 Å². The molecule has 1 aliphatic rings. The number of hydrogen-bond donors (Lipinski definition) is 0. The lowest BCUT2D eigenvalue weighted by atomic mass is 10.2. The van der Waals surface area contributed by atoms with Crippen LogP contribution in [0.25, 0.3) is 0 Å². The van der Waals surface area contributed by atoms with E-state index in [4.69, 9.17) is 13.9 Å². The fourth-order valence-electron chi connectivity index (χ4n) is 2.58. The van der Waals surface area contributed by atoms with Gasteiger partial charge in [0.15, 0.2) is 0 Å². The second kappa shape index (κ2) is 8.55. The van der Waals surface area contributed by atoms with Crippen LogP contribution in [0.2, 0.25) is 0 Å². The van der Waals surface area contributed by atoms with Gasteiger partial charge in [0.2, 0.25) is 15.8 Å². The molecule has 0 unspecified atom stereocenters. The molecule has 3 rings (SSSR count). The molecular formula is C18H19NO8S. The van der Waals surface area contributed by atoms with E-state index in [0.29, 0.717) is 26.3 Å². The van der Waals surface area contributed by atoms with Gasteiger partial charge in [-0.05, 0) is 36.4 Å². The van der Waals surface area contributed by atoms with Crippen LogP contribution in [0.4, 0.5) is 0 Å². The second-order valence-corrected chi connectivity index (χ2v) is 7.81. The molecule has 10 heteroatoms. The minimum atomic E-state index is -3.63. The predicted molar refractivity (Wildman–Crippen MR) is 95.2 cm³/mol. The zero-order valence-corrected chi connectivity index (χ0v) is 15.9. The summed E-state index contributed by atoms with van der Waals surface area (Å²) in [4.78, 5) is 23.6. The van der Waals surface area contributed by atoms with Crippen molar-refractivity contribution >= 4 is 22.0 Å². The lowest BCUT2D eigenvalue weighted by Crippen LogP contribution is -2.40. The van der Waals surface area contributed by atoms with Crippen molar-refractivity contribution in [2.24, 2.45) is 0 Å². The summed E-state index contributed by atoms with van der Waals surface area (Å²) in [5.41, 5.74) is 0.195. The van der Waals surface area contributed by atoms with Crippen LogP contribution in [0.1, 0.15) is 26.7 Å². The van der Waals surface area contributed by atoms with Gasteiger partial charge in [-0.3, -0.25) is 0 Å². The third-order valence-corrected chi connectivity index (χ3v) is 6.00. The van der Waals surface area contributed by atoms with E-state index in [1.807, 2.05) is 0 Å². The molecular weight excluding hydrogens is 390 g/mol. The van der Waals surface area contributed by atoms with Gasteiger partial charge in [-0.2, -0.15) is 4.31 Å². The first kappa shape index (κ1) is 20.1. The Labute approximate surface area is 161 Å². The van der Waals surface area contributed by atoms with Gasteiger partial charge in [-0.15, -0.1) is 0 Å². The number of benzene rings is 1. The van der Waals surface area contributed by atoms with Crippen LogP contribution in [0, 0.1) is 0 Å². The van der Waals surface area contributed by atoms with E-state index in [1.165, 1.54) is 47.8 Å². The van der Waals surface area contributed by atoms with Gasteiger partial charge in [-0.1, -0.05) is 0 Å². The average molecular weight is 409 g/mol. The Hall–Kier alpha value is -2.69. The van der Waals surface area contributed by atoms with E-state index in [2.05, 4.69) is 4.74 Å². The van der Waals surface area contributed by atoms with E-state index in [-0.39, 0.29) is 28.6 Å². The molecule has 1 fully saturated rings. The molecule has 0 N–H and O–H groups in total. The lowest BCUT2D eigenvalue weighted by Gasteiger charge is -2.26. The zero-order chi connectivity index (χ0) is 20.1. The van der Waals surface area contributed by atoms with Gasteiger partial charge >= 0.3 is 11.9 Å². The summed E-state index contributed by atoms with van der Waals surface area (Å²) in [5.74, 6) is -0.993. The Balaban J connectivity index is 1.62. The number of esters is 2. The molecule has 2 aromatic rings. The predicted octanol–water partition coefficient (Wildman–Crippen LogP) is 1.44. The van der Waals surface area contributed by atoms with Gasteiger partial charge in [-0.25, -0.2) is 18.0 Å². The first-order valence-electron chi connectivity index (χ1n) is 8.44. The summed E-state index contributed by atoms with van der Waals surface area (Å²) in [6, 6.07) is 8.42. The van der Waals surface area contributed by atoms with Crippen molar-refractivity contribution < 1.29 is 36.6 Å². The monoisotopic (exact) mass is 409 g/mol. The third-order valence-electron chi connectivity index (χ3n) is 4.09. The average Bonchev–Trinajstić information content (AvgIpc) is 3.21. The van der Waals surface area contributed by atoms with Crippen molar-refractivity contribution in [3.05, 3.63) is 53.5 Å². The highest BCUT2D eigenvalue weighted by atomic mass is 32.2. The molecule has 1 aromatic carbocycles. The maximum absolute atomic E-state index is 12.6. The summed E-state index contributed by atoms with van der Waals surface area (Å²) in [7, 11) is -2.40. The van der Waals surface area contributed by atoms with Crippen LogP contribution in [0.3, 0.4) is 0 Å². The minimum Gasteiger partial charge on any atom is -0.463 e. The molecule has 0 spiro atoms. The van der Waals surface area contributed by atoms with Crippen molar-refractivity contribution in [1.29, 1.82) is 0 Å². The van der Waals surface area contributed by atoms with Gasteiger partial charge < -0.3 is 18.6 Å². The Morgan fingerprint density at radius 1 is 1.04 bits per heavy atom. The van der Waals surface area contributed by atoms with Crippen LogP contribution < -0.4 is 0 Å². The molecule has 28 heavy (non-hydrogen) atoms. The number of hydrogen-bond acceptors (Lipinski definition) is 8. The number of rotatable bonds is 6. The highest BCUT2D eigenvalue weighted by molar-refractivity contribution is 7.89. The number of carbonyl (C=O) groups excluding carboxylic acids is 2. The smallest absolute Gasteiger partial charge is 0.373 e. The SMILES string of the molecule is COC(=O)c1ccc(COC(=O)c2ccc(S(=O)(=O)N3CCOCC3)cc2)o1. The lowest BCUT2D eigenvalue weighted by molar-refractivity contribution is 0.0438. The molecule has 0 bridgehead atoms. The molecule has 9 nitrogen and oxygen atoms in total. The minimum absolute atomic E-state index is 0.00576. The molecule has 2 heterocycles. The molecule has 0 saturated carbocycles. The first-order valence-corrected chi connectivity index (χ1v) is 9.88. The Bertz CT molecular complexity index is 942. The fourth-order valence-corrected chi connectivity index (χ4v) is 3.99. The third kappa shape index (κ3) is 4.41. The number of nitrogens with zero attached hydrogens (tertiary/aromatic N) is 1. The van der Waals surface area contributed by atoms with Crippen molar-refractivity contribution in [3.63, 3.8) is 0 Å². The summed E-state index contributed by atoms with van der Waals surface area (Å²) >= 11 is 0. The molecule has 1 aliphatic heterocycles. The van der Waals surface area contributed by atoms with E-state index >= 15 is 0 Å². The number of carbonyl (C=O) groups is 2. The summed E-state index contributed by atoms with van der Waals surface area (Å²) in [5, 5.41) is 0. The Morgan fingerprint density at radius 2 is 1.71 bits per heavy atom. The molecule has 0 aliphatic carbocycles. The number of sulfonamides is 1. The highest BCUT2D eigenvalue weighted by Crippen LogP contribution is 2.18. The van der Waals surface area contributed by atoms with Gasteiger partial charge in [0.25, 0.3) is 0 Å². The summed E-state index contributed by atoms with van der Waals surface area (Å²) in [6.07, 6.45) is 0. The highest BCUT2D eigenvalue weighted by Gasteiger charge is 2.26. The van der Waals surface area contributed by atoms with E-state index < -0.39 is 22.0 Å². The van der Waals surface area contributed by atoms with Gasteiger partial charge in [0, 0.05) is 13.1 Å². The summed E-state index contributed by atoms with van der Waals surface area (Å²) < 4.78 is 46.5. The fraction of sp³-hybridized carbons (Fsp3) is 0.333. The molecule has 150 valence electrons. The zero-order valence-electron chi connectivity index (χ0n) is 15.1. The van der Waals surface area contributed by atoms with Crippen LogP contribution in [-0.2, 0) is 30.8 Å². The van der Waals surface area contributed by atoms with Crippen molar-refractivity contribution in [2.45, 2.75) is 11.5 Å². The first-order chi connectivity index (χ1) is 13.4. The Kier molecular flexibility index (Phi) is 6.12. The second-order valence-electron chi connectivity index (χ2n) is 5.87. The van der Waals surface area contributed by atoms with E-state index in [9.17, 15) is 18.0 Å². The normalized spacial score (nSPS) is 15.2. The van der Waals surface area contributed by atoms with Crippen molar-refractivity contribution in [3.8, 4) is 0 Å². The quantitative estimate of drug-likeness (QED) is 0.659. The topological polar surface area (TPSA) is 112 Å². The standard InChI is InChI=1S/C18H19NO8S/c1-24-18(21)16-7-4-14(27-16)12-26-17(20)13-2-5-15(6-3-13)28(22,23)19-8-10-25-11-9-19/h2-7H,8-12H2,1H3. The largest absolute Gasteiger partial charge is 0.463 e. The maximum Gasteiger partial charge on any atom is 0.373 e. The number of morpholine rings is 1. The van der Waals surface area contributed by atoms with Crippen LogP contribution in [-0.4, -0.2) is 58.1 Å². The number of methoxy groups -OCH3 is 1. The number of ether oxygens (including phenoxy) is 3. The van der Waals surface area contributed by atoms with Crippen molar-refractivity contribution in [1.82, 2.24) is 4.31 Å². The number of furan rings is 1.